The highest BCUT2D eigenvalue weighted by atomic mass is 19.4. The van der Waals surface area contributed by atoms with Crippen LogP contribution in [0.2, 0.25) is 0 Å². The number of alkyl halides is 3. The SMILES string of the molecule is O=C(O)CC1CCn2c1cc1cc(-c3noc(-c4cccc(OC(F)(F)F)c4)n3)ccc12. The van der Waals surface area contributed by atoms with Crippen LogP contribution in [-0.2, 0) is 11.3 Å². The van der Waals surface area contributed by atoms with Gasteiger partial charge in [-0.1, -0.05) is 11.2 Å². The van der Waals surface area contributed by atoms with Gasteiger partial charge in [-0.2, -0.15) is 4.98 Å². The molecule has 0 bridgehead atoms. The van der Waals surface area contributed by atoms with Gasteiger partial charge in [0.05, 0.1) is 6.42 Å². The zero-order chi connectivity index (χ0) is 22.5. The number of hydrogen-bond donors (Lipinski definition) is 1. The van der Waals surface area contributed by atoms with Gasteiger partial charge in [-0.15, -0.1) is 13.2 Å². The summed E-state index contributed by atoms with van der Waals surface area (Å²) < 4.78 is 48.7. The first-order valence-corrected chi connectivity index (χ1v) is 9.82. The fourth-order valence-electron chi connectivity index (χ4n) is 4.15. The molecule has 0 aliphatic carbocycles. The first-order chi connectivity index (χ1) is 15.3. The lowest BCUT2D eigenvalue weighted by Gasteiger charge is -2.08. The van der Waals surface area contributed by atoms with E-state index < -0.39 is 12.3 Å². The summed E-state index contributed by atoms with van der Waals surface area (Å²) >= 11 is 0. The molecule has 7 nitrogen and oxygen atoms in total. The molecule has 1 aliphatic heterocycles. The number of aromatic nitrogens is 3. The highest BCUT2D eigenvalue weighted by Gasteiger charge is 2.31. The number of rotatable bonds is 5. The normalized spacial score (nSPS) is 15.8. The van der Waals surface area contributed by atoms with Gasteiger partial charge in [0.15, 0.2) is 0 Å². The third-order valence-corrected chi connectivity index (χ3v) is 5.47. The van der Waals surface area contributed by atoms with Crippen LogP contribution in [0.4, 0.5) is 13.2 Å². The minimum Gasteiger partial charge on any atom is -0.481 e. The molecular formula is C22H16F3N3O4. The average molecular weight is 443 g/mol. The van der Waals surface area contributed by atoms with Crippen molar-refractivity contribution in [1.29, 1.82) is 0 Å². The van der Waals surface area contributed by atoms with Gasteiger partial charge in [0.1, 0.15) is 5.75 Å². The summed E-state index contributed by atoms with van der Waals surface area (Å²) in [5, 5.41) is 14.0. The van der Waals surface area contributed by atoms with Gasteiger partial charge in [0.25, 0.3) is 5.89 Å². The molecule has 1 aliphatic rings. The van der Waals surface area contributed by atoms with E-state index in [9.17, 15) is 18.0 Å². The summed E-state index contributed by atoms with van der Waals surface area (Å²) in [5.74, 6) is -0.869. The molecule has 2 aromatic carbocycles. The Morgan fingerprint density at radius 2 is 2.03 bits per heavy atom. The average Bonchev–Trinajstić information content (AvgIpc) is 3.42. The molecule has 164 valence electrons. The molecule has 10 heteroatoms. The Morgan fingerprint density at radius 3 is 2.81 bits per heavy atom. The van der Waals surface area contributed by atoms with E-state index in [1.54, 1.807) is 6.07 Å². The monoisotopic (exact) mass is 443 g/mol. The van der Waals surface area contributed by atoms with E-state index in [0.717, 1.165) is 29.6 Å². The summed E-state index contributed by atoms with van der Waals surface area (Å²) in [5.41, 5.74) is 2.97. The molecule has 3 heterocycles. The molecular weight excluding hydrogens is 427 g/mol. The number of ether oxygens (including phenoxy) is 1. The second kappa shape index (κ2) is 7.40. The number of aliphatic carboxylic acids is 1. The molecule has 4 aromatic rings. The number of halogens is 3. The lowest BCUT2D eigenvalue weighted by molar-refractivity contribution is -0.274. The summed E-state index contributed by atoms with van der Waals surface area (Å²) in [6, 6.07) is 12.9. The zero-order valence-electron chi connectivity index (χ0n) is 16.5. The second-order valence-corrected chi connectivity index (χ2v) is 7.58. The van der Waals surface area contributed by atoms with Gasteiger partial charge in [0.2, 0.25) is 5.82 Å². The Hall–Kier alpha value is -3.82. The number of nitrogens with zero attached hydrogens (tertiary/aromatic N) is 3. The van der Waals surface area contributed by atoms with Crippen molar-refractivity contribution in [2.45, 2.75) is 31.7 Å². The van der Waals surface area contributed by atoms with E-state index in [4.69, 9.17) is 9.63 Å². The minimum atomic E-state index is -4.80. The predicted octanol–water partition coefficient (Wildman–Crippen LogP) is 5.22. The fraction of sp³-hybridized carbons (Fsp3) is 0.227. The topological polar surface area (TPSA) is 90.4 Å². The van der Waals surface area contributed by atoms with Crippen LogP contribution in [-0.4, -0.2) is 32.1 Å². The largest absolute Gasteiger partial charge is 0.573 e. The third-order valence-electron chi connectivity index (χ3n) is 5.47. The van der Waals surface area contributed by atoms with Crippen LogP contribution in [0.5, 0.6) is 5.75 Å². The van der Waals surface area contributed by atoms with Gasteiger partial charge < -0.3 is 18.9 Å². The van der Waals surface area contributed by atoms with Crippen molar-refractivity contribution in [3.8, 4) is 28.6 Å². The Labute approximate surface area is 179 Å². The molecule has 0 amide bonds. The molecule has 0 fully saturated rings. The molecule has 2 aromatic heterocycles. The maximum atomic E-state index is 12.5. The summed E-state index contributed by atoms with van der Waals surface area (Å²) in [6.07, 6.45) is -3.91. The molecule has 32 heavy (non-hydrogen) atoms. The minimum absolute atomic E-state index is 0.0219. The number of benzene rings is 2. The van der Waals surface area contributed by atoms with Crippen LogP contribution in [0.1, 0.15) is 24.5 Å². The van der Waals surface area contributed by atoms with Gasteiger partial charge >= 0.3 is 12.3 Å². The van der Waals surface area contributed by atoms with Crippen LogP contribution in [0.3, 0.4) is 0 Å². The van der Waals surface area contributed by atoms with Crippen molar-refractivity contribution in [2.75, 3.05) is 0 Å². The molecule has 0 saturated carbocycles. The maximum absolute atomic E-state index is 12.5. The number of carbonyl (C=O) groups is 1. The maximum Gasteiger partial charge on any atom is 0.573 e. The van der Waals surface area contributed by atoms with E-state index in [0.29, 0.717) is 11.1 Å². The van der Waals surface area contributed by atoms with Crippen molar-refractivity contribution in [3.05, 3.63) is 54.2 Å². The zero-order valence-corrected chi connectivity index (χ0v) is 16.5. The number of fused-ring (bicyclic) bond motifs is 3. The van der Waals surface area contributed by atoms with Gasteiger partial charge in [-0.25, -0.2) is 0 Å². The summed E-state index contributed by atoms with van der Waals surface area (Å²) in [4.78, 5) is 15.4. The Bertz CT molecular complexity index is 1330. The van der Waals surface area contributed by atoms with E-state index in [-0.39, 0.29) is 29.8 Å². The smallest absolute Gasteiger partial charge is 0.481 e. The highest BCUT2D eigenvalue weighted by Crippen LogP contribution is 2.37. The van der Waals surface area contributed by atoms with Crippen molar-refractivity contribution in [3.63, 3.8) is 0 Å². The molecule has 0 spiro atoms. The number of carboxylic acids is 1. The van der Waals surface area contributed by atoms with Crippen LogP contribution in [0.25, 0.3) is 33.7 Å². The van der Waals surface area contributed by atoms with Crippen molar-refractivity contribution < 1.29 is 32.3 Å². The fourth-order valence-corrected chi connectivity index (χ4v) is 4.15. The molecule has 1 atom stereocenters. The van der Waals surface area contributed by atoms with Crippen molar-refractivity contribution in [2.24, 2.45) is 0 Å². The predicted molar refractivity (Wildman–Crippen MR) is 107 cm³/mol. The van der Waals surface area contributed by atoms with Crippen LogP contribution < -0.4 is 4.74 Å². The molecule has 1 N–H and O–H groups in total. The van der Waals surface area contributed by atoms with Crippen LogP contribution in [0.15, 0.2) is 53.1 Å². The van der Waals surface area contributed by atoms with Gasteiger partial charge in [0, 0.05) is 40.2 Å². The van der Waals surface area contributed by atoms with Crippen molar-refractivity contribution in [1.82, 2.24) is 14.7 Å². The van der Waals surface area contributed by atoms with E-state index in [2.05, 4.69) is 19.4 Å². The summed E-state index contributed by atoms with van der Waals surface area (Å²) in [7, 11) is 0. The third kappa shape index (κ3) is 3.79. The lowest BCUT2D eigenvalue weighted by atomic mass is 10.0. The molecule has 0 radical (unpaired) electrons. The lowest BCUT2D eigenvalue weighted by Crippen LogP contribution is -2.17. The Morgan fingerprint density at radius 1 is 1.19 bits per heavy atom. The molecule has 5 rings (SSSR count). The first-order valence-electron chi connectivity index (χ1n) is 9.82. The van der Waals surface area contributed by atoms with E-state index in [1.165, 1.54) is 18.2 Å². The molecule has 0 saturated heterocycles. The van der Waals surface area contributed by atoms with E-state index in [1.807, 2.05) is 24.3 Å². The van der Waals surface area contributed by atoms with Crippen LogP contribution >= 0.6 is 0 Å². The quantitative estimate of drug-likeness (QED) is 0.455. The number of hydrogen-bond acceptors (Lipinski definition) is 5. The Balaban J connectivity index is 1.44. The Kier molecular flexibility index (Phi) is 4.65. The standard InChI is InChI=1S/C22H16F3N3O4/c23-22(24,25)31-16-3-1-2-14(9-16)21-26-20(27-32-21)13-4-5-17-15(8-13)10-18-12(11-19(29)30)6-7-28(17)18/h1-5,8-10,12H,6-7,11H2,(H,29,30). The van der Waals surface area contributed by atoms with Gasteiger partial charge in [-0.3, -0.25) is 4.79 Å². The van der Waals surface area contributed by atoms with Gasteiger partial charge in [-0.05, 0) is 48.9 Å². The number of aryl methyl sites for hydroxylation is 1. The highest BCUT2D eigenvalue weighted by molar-refractivity contribution is 5.86. The van der Waals surface area contributed by atoms with Crippen molar-refractivity contribution >= 4 is 16.9 Å². The second-order valence-electron chi connectivity index (χ2n) is 7.58. The molecule has 1 unspecified atom stereocenters. The van der Waals surface area contributed by atoms with E-state index >= 15 is 0 Å². The number of carboxylic acid groups (broad SMARTS) is 1. The first kappa shape index (κ1) is 20.1. The summed E-state index contributed by atoms with van der Waals surface area (Å²) in [6.45, 7) is 0.763. The van der Waals surface area contributed by atoms with Crippen LogP contribution in [0, 0.1) is 0 Å².